The molecular formula is C15H11BrF2N2O. The summed E-state index contributed by atoms with van der Waals surface area (Å²) >= 11 is 3.06. The van der Waals surface area contributed by atoms with Crippen molar-refractivity contribution >= 4 is 33.2 Å². The van der Waals surface area contributed by atoms with Gasteiger partial charge in [-0.2, -0.15) is 0 Å². The molecule has 2 N–H and O–H groups in total. The minimum absolute atomic E-state index is 0.0502. The van der Waals surface area contributed by atoms with E-state index in [0.29, 0.717) is 6.54 Å². The van der Waals surface area contributed by atoms with Gasteiger partial charge in [-0.3, -0.25) is 4.79 Å². The highest BCUT2D eigenvalue weighted by Crippen LogP contribution is 2.33. The number of carbonyl (C=O) groups is 1. The smallest absolute Gasteiger partial charge is 0.233 e. The van der Waals surface area contributed by atoms with Crippen molar-refractivity contribution in [2.75, 3.05) is 17.2 Å². The Kier molecular flexibility index (Phi) is 3.63. The number of anilines is 2. The number of hydrogen-bond donors (Lipinski definition) is 2. The Balaban J connectivity index is 1.86. The van der Waals surface area contributed by atoms with Gasteiger partial charge in [-0.1, -0.05) is 18.2 Å². The minimum Gasteiger partial charge on any atom is -0.384 e. The van der Waals surface area contributed by atoms with E-state index in [0.717, 1.165) is 23.4 Å². The standard InChI is InChI=1S/C15H11BrF2N2O/c16-11-5-8(17)6-12(18)14(11)20-15(21)10-7-19-13-4-2-1-3-9(10)13/h1-6,10,19H,7H2,(H,20,21). The number of carbonyl (C=O) groups excluding carboxylic acids is 1. The van der Waals surface area contributed by atoms with Gasteiger partial charge < -0.3 is 10.6 Å². The molecule has 0 fully saturated rings. The van der Waals surface area contributed by atoms with E-state index in [1.807, 2.05) is 24.3 Å². The Morgan fingerprint density at radius 2 is 2.05 bits per heavy atom. The summed E-state index contributed by atoms with van der Waals surface area (Å²) in [6, 6.07) is 9.32. The molecule has 0 radical (unpaired) electrons. The maximum Gasteiger partial charge on any atom is 0.233 e. The first-order chi connectivity index (χ1) is 10.1. The first kappa shape index (κ1) is 14.0. The Hall–Kier alpha value is -1.95. The maximum atomic E-state index is 13.8. The summed E-state index contributed by atoms with van der Waals surface area (Å²) in [5.41, 5.74) is 1.72. The molecule has 0 bridgehead atoms. The number of amides is 1. The van der Waals surface area contributed by atoms with E-state index >= 15 is 0 Å². The maximum absolute atomic E-state index is 13.8. The molecule has 1 unspecified atom stereocenters. The fourth-order valence-corrected chi connectivity index (χ4v) is 2.90. The number of rotatable bonds is 2. The van der Waals surface area contributed by atoms with Crippen LogP contribution in [0.4, 0.5) is 20.2 Å². The van der Waals surface area contributed by atoms with Crippen LogP contribution in [0.2, 0.25) is 0 Å². The molecule has 2 aromatic carbocycles. The van der Waals surface area contributed by atoms with Crippen molar-refractivity contribution < 1.29 is 13.6 Å². The van der Waals surface area contributed by atoms with Crippen LogP contribution < -0.4 is 10.6 Å². The Morgan fingerprint density at radius 3 is 2.81 bits per heavy atom. The zero-order chi connectivity index (χ0) is 15.0. The normalized spacial score (nSPS) is 16.2. The summed E-state index contributed by atoms with van der Waals surface area (Å²) in [5, 5.41) is 5.65. The molecule has 21 heavy (non-hydrogen) atoms. The Labute approximate surface area is 128 Å². The van der Waals surface area contributed by atoms with Crippen molar-refractivity contribution in [2.24, 2.45) is 0 Å². The lowest BCUT2D eigenvalue weighted by Gasteiger charge is -2.13. The summed E-state index contributed by atoms with van der Waals surface area (Å²) in [4.78, 5) is 12.3. The molecule has 3 nitrogen and oxygen atoms in total. The predicted molar refractivity (Wildman–Crippen MR) is 80.4 cm³/mol. The van der Waals surface area contributed by atoms with Crippen molar-refractivity contribution in [1.29, 1.82) is 0 Å². The van der Waals surface area contributed by atoms with Gasteiger partial charge in [0.15, 0.2) is 5.82 Å². The van der Waals surface area contributed by atoms with E-state index < -0.39 is 17.6 Å². The monoisotopic (exact) mass is 352 g/mol. The minimum atomic E-state index is -0.811. The van der Waals surface area contributed by atoms with Crippen molar-refractivity contribution in [3.05, 3.63) is 58.1 Å². The molecule has 108 valence electrons. The summed E-state index contributed by atoms with van der Waals surface area (Å²) in [7, 11) is 0. The van der Waals surface area contributed by atoms with Gasteiger partial charge in [0, 0.05) is 22.8 Å². The van der Waals surface area contributed by atoms with Gasteiger partial charge in [0.2, 0.25) is 5.91 Å². The summed E-state index contributed by atoms with van der Waals surface area (Å²) in [5.74, 6) is -2.25. The summed E-state index contributed by atoms with van der Waals surface area (Å²) in [6.45, 7) is 0.450. The first-order valence-corrected chi connectivity index (χ1v) is 7.14. The van der Waals surface area contributed by atoms with Gasteiger partial charge in [0.25, 0.3) is 0 Å². The number of fused-ring (bicyclic) bond motifs is 1. The second-order valence-corrected chi connectivity index (χ2v) is 5.61. The van der Waals surface area contributed by atoms with Gasteiger partial charge in [-0.15, -0.1) is 0 Å². The topological polar surface area (TPSA) is 41.1 Å². The molecule has 0 spiro atoms. The van der Waals surface area contributed by atoms with Gasteiger partial charge in [-0.05, 0) is 33.6 Å². The molecule has 0 saturated heterocycles. The molecule has 1 atom stereocenters. The quantitative estimate of drug-likeness (QED) is 0.861. The third-order valence-electron chi connectivity index (χ3n) is 3.40. The average molecular weight is 353 g/mol. The molecule has 6 heteroatoms. The van der Waals surface area contributed by atoms with E-state index in [-0.39, 0.29) is 16.1 Å². The molecule has 0 aromatic heterocycles. The molecule has 2 aromatic rings. The van der Waals surface area contributed by atoms with Crippen LogP contribution in [0, 0.1) is 11.6 Å². The van der Waals surface area contributed by atoms with Crippen molar-refractivity contribution in [1.82, 2.24) is 0 Å². The zero-order valence-corrected chi connectivity index (χ0v) is 12.4. The van der Waals surface area contributed by atoms with Crippen LogP contribution >= 0.6 is 15.9 Å². The average Bonchev–Trinajstić information content (AvgIpc) is 2.86. The number of benzene rings is 2. The van der Waals surface area contributed by atoms with Crippen LogP contribution in [0.15, 0.2) is 40.9 Å². The van der Waals surface area contributed by atoms with Gasteiger partial charge in [0.05, 0.1) is 11.6 Å². The van der Waals surface area contributed by atoms with Crippen LogP contribution in [0.1, 0.15) is 11.5 Å². The molecule has 1 heterocycles. The lowest BCUT2D eigenvalue weighted by molar-refractivity contribution is -0.117. The molecule has 1 aliphatic heterocycles. The van der Waals surface area contributed by atoms with E-state index in [1.165, 1.54) is 0 Å². The largest absolute Gasteiger partial charge is 0.384 e. The Bertz CT molecular complexity index is 698. The third kappa shape index (κ3) is 2.63. The van der Waals surface area contributed by atoms with Crippen LogP contribution in [-0.2, 0) is 4.79 Å². The second kappa shape index (κ2) is 5.44. The summed E-state index contributed by atoms with van der Waals surface area (Å²) < 4.78 is 27.0. The fraction of sp³-hybridized carbons (Fsp3) is 0.133. The number of hydrogen-bond acceptors (Lipinski definition) is 2. The van der Waals surface area contributed by atoms with Crippen LogP contribution in [0.3, 0.4) is 0 Å². The lowest BCUT2D eigenvalue weighted by atomic mass is 10.0. The van der Waals surface area contributed by atoms with Crippen molar-refractivity contribution in [2.45, 2.75) is 5.92 Å². The van der Waals surface area contributed by atoms with Crippen LogP contribution in [-0.4, -0.2) is 12.5 Å². The van der Waals surface area contributed by atoms with E-state index in [1.54, 1.807) is 0 Å². The highest BCUT2D eigenvalue weighted by Gasteiger charge is 2.29. The fourth-order valence-electron chi connectivity index (χ4n) is 2.39. The van der Waals surface area contributed by atoms with Crippen molar-refractivity contribution in [3.8, 4) is 0 Å². The number of halogens is 3. The highest BCUT2D eigenvalue weighted by atomic mass is 79.9. The van der Waals surface area contributed by atoms with Crippen molar-refractivity contribution in [3.63, 3.8) is 0 Å². The molecule has 0 aliphatic carbocycles. The Morgan fingerprint density at radius 1 is 1.29 bits per heavy atom. The van der Waals surface area contributed by atoms with E-state index in [2.05, 4.69) is 26.6 Å². The lowest BCUT2D eigenvalue weighted by Crippen LogP contribution is -2.23. The zero-order valence-electron chi connectivity index (χ0n) is 10.8. The first-order valence-electron chi connectivity index (χ1n) is 6.34. The van der Waals surface area contributed by atoms with E-state index in [4.69, 9.17) is 0 Å². The van der Waals surface area contributed by atoms with Gasteiger partial charge in [-0.25, -0.2) is 8.78 Å². The van der Waals surface area contributed by atoms with Crippen LogP contribution in [0.5, 0.6) is 0 Å². The van der Waals surface area contributed by atoms with Gasteiger partial charge >= 0.3 is 0 Å². The predicted octanol–water partition coefficient (Wildman–Crippen LogP) is 3.88. The number of nitrogens with one attached hydrogen (secondary N) is 2. The van der Waals surface area contributed by atoms with Gasteiger partial charge in [0.1, 0.15) is 5.82 Å². The molecule has 3 rings (SSSR count). The molecule has 1 aliphatic rings. The third-order valence-corrected chi connectivity index (χ3v) is 4.03. The second-order valence-electron chi connectivity index (χ2n) is 4.75. The summed E-state index contributed by atoms with van der Waals surface area (Å²) in [6.07, 6.45) is 0. The van der Waals surface area contributed by atoms with E-state index in [9.17, 15) is 13.6 Å². The van der Waals surface area contributed by atoms with Crippen LogP contribution in [0.25, 0.3) is 0 Å². The molecule has 0 saturated carbocycles. The number of para-hydroxylation sites is 1. The SMILES string of the molecule is O=C(Nc1c(F)cc(F)cc1Br)C1CNc2ccccc21. The molecular weight excluding hydrogens is 342 g/mol. The highest BCUT2D eigenvalue weighted by molar-refractivity contribution is 9.10. The molecule has 1 amide bonds.